The molecule has 0 bridgehead atoms. The van der Waals surface area contributed by atoms with E-state index in [2.05, 4.69) is 52.2 Å². The van der Waals surface area contributed by atoms with Crippen LogP contribution in [-0.2, 0) is 10.8 Å². The van der Waals surface area contributed by atoms with Crippen LogP contribution in [0.2, 0.25) is 0 Å². The highest BCUT2D eigenvalue weighted by atomic mass is 127. The van der Waals surface area contributed by atoms with Gasteiger partial charge in [0.05, 0.1) is 0 Å². The minimum Gasteiger partial charge on any atom is -0.382 e. The average molecular weight is 335 g/mol. The van der Waals surface area contributed by atoms with Crippen molar-refractivity contribution in [1.29, 1.82) is 0 Å². The molecule has 15 heavy (non-hydrogen) atoms. The van der Waals surface area contributed by atoms with Crippen LogP contribution in [0.4, 0.5) is 5.69 Å². The molecule has 0 saturated carbocycles. The maximum atomic E-state index is 11.2. The normalized spacial score (nSPS) is 26.2. The minimum absolute atomic E-state index is 0.501. The van der Waals surface area contributed by atoms with Crippen molar-refractivity contribution in [3.8, 4) is 0 Å². The van der Waals surface area contributed by atoms with Crippen molar-refractivity contribution in [3.05, 3.63) is 27.8 Å². The summed E-state index contributed by atoms with van der Waals surface area (Å²) < 4.78 is 12.4. The molecule has 1 aromatic rings. The molecule has 82 valence electrons. The average Bonchev–Trinajstić information content (AvgIpc) is 2.22. The summed E-state index contributed by atoms with van der Waals surface area (Å²) in [5, 5.41) is 3.50. The van der Waals surface area contributed by atoms with Crippen LogP contribution in [0.1, 0.15) is 12.8 Å². The van der Waals surface area contributed by atoms with E-state index >= 15 is 0 Å². The van der Waals surface area contributed by atoms with Gasteiger partial charge < -0.3 is 5.32 Å². The van der Waals surface area contributed by atoms with E-state index in [1.807, 2.05) is 0 Å². The zero-order valence-corrected chi connectivity index (χ0v) is 11.4. The van der Waals surface area contributed by atoms with E-state index in [1.54, 1.807) is 0 Å². The first-order valence-corrected chi connectivity index (χ1v) is 7.68. The summed E-state index contributed by atoms with van der Waals surface area (Å²) in [6, 6.07) is 8.88. The summed E-state index contributed by atoms with van der Waals surface area (Å²) in [6.45, 7) is 0. The largest absolute Gasteiger partial charge is 0.382 e. The highest BCUT2D eigenvalue weighted by molar-refractivity contribution is 14.1. The summed E-state index contributed by atoms with van der Waals surface area (Å²) in [5.74, 6) is 1.70. The molecule has 1 N–H and O–H groups in total. The Morgan fingerprint density at radius 2 is 2.07 bits per heavy atom. The number of anilines is 1. The van der Waals surface area contributed by atoms with Crippen LogP contribution in [0.25, 0.3) is 0 Å². The Morgan fingerprint density at radius 1 is 1.33 bits per heavy atom. The van der Waals surface area contributed by atoms with Crippen LogP contribution in [-0.4, -0.2) is 21.8 Å². The highest BCUT2D eigenvalue weighted by Gasteiger charge is 2.17. The summed E-state index contributed by atoms with van der Waals surface area (Å²) in [5.41, 5.74) is 1.18. The van der Waals surface area contributed by atoms with E-state index in [4.69, 9.17) is 0 Å². The lowest BCUT2D eigenvalue weighted by atomic mass is 10.1. The third kappa shape index (κ3) is 3.45. The van der Waals surface area contributed by atoms with Gasteiger partial charge >= 0.3 is 0 Å². The Balaban J connectivity index is 1.94. The minimum atomic E-state index is -0.565. The first-order valence-electron chi connectivity index (χ1n) is 5.11. The summed E-state index contributed by atoms with van der Waals surface area (Å²) >= 11 is 2.31. The molecule has 0 amide bonds. The lowest BCUT2D eigenvalue weighted by Crippen LogP contribution is -2.29. The van der Waals surface area contributed by atoms with Gasteiger partial charge in [0, 0.05) is 37.6 Å². The fourth-order valence-electron chi connectivity index (χ4n) is 1.75. The molecule has 1 aliphatic rings. The maximum absolute atomic E-state index is 11.2. The summed E-state index contributed by atoms with van der Waals surface area (Å²) in [4.78, 5) is 0. The lowest BCUT2D eigenvalue weighted by Gasteiger charge is -2.23. The second-order valence-corrected chi connectivity index (χ2v) is 6.72. The van der Waals surface area contributed by atoms with E-state index in [-0.39, 0.29) is 0 Å². The zero-order chi connectivity index (χ0) is 10.7. The zero-order valence-electron chi connectivity index (χ0n) is 8.41. The first-order chi connectivity index (χ1) is 7.24. The molecule has 1 fully saturated rings. The molecule has 2 rings (SSSR count). The Hall–Kier alpha value is -0.100. The Kier molecular flexibility index (Phi) is 4.02. The summed E-state index contributed by atoms with van der Waals surface area (Å²) in [7, 11) is -0.565. The van der Waals surface area contributed by atoms with E-state index in [0.29, 0.717) is 6.04 Å². The number of benzene rings is 1. The lowest BCUT2D eigenvalue weighted by molar-refractivity contribution is 0.624. The van der Waals surface area contributed by atoms with Crippen molar-refractivity contribution >= 4 is 39.1 Å². The molecule has 0 radical (unpaired) electrons. The SMILES string of the molecule is O=S1CCC(Nc2cccc(I)c2)CC1. The number of hydrogen-bond donors (Lipinski definition) is 1. The molecule has 1 saturated heterocycles. The van der Waals surface area contributed by atoms with Gasteiger partial charge in [-0.2, -0.15) is 0 Å². The fraction of sp³-hybridized carbons (Fsp3) is 0.455. The van der Waals surface area contributed by atoms with Gasteiger partial charge in [0.15, 0.2) is 0 Å². The Labute approximate surface area is 106 Å². The van der Waals surface area contributed by atoms with Crippen LogP contribution >= 0.6 is 22.6 Å². The first kappa shape index (κ1) is 11.4. The van der Waals surface area contributed by atoms with Gasteiger partial charge in [0.2, 0.25) is 0 Å². The van der Waals surface area contributed by atoms with Gasteiger partial charge in [0.25, 0.3) is 0 Å². The molecule has 1 aliphatic heterocycles. The van der Waals surface area contributed by atoms with Crippen molar-refractivity contribution in [3.63, 3.8) is 0 Å². The van der Waals surface area contributed by atoms with Crippen LogP contribution in [0.5, 0.6) is 0 Å². The van der Waals surface area contributed by atoms with Gasteiger partial charge in [-0.1, -0.05) is 6.07 Å². The Bertz CT molecular complexity index is 359. The van der Waals surface area contributed by atoms with E-state index in [1.165, 1.54) is 9.26 Å². The van der Waals surface area contributed by atoms with Gasteiger partial charge in [-0.05, 0) is 53.6 Å². The molecule has 0 aromatic heterocycles. The molecule has 0 unspecified atom stereocenters. The summed E-state index contributed by atoms with van der Waals surface area (Å²) in [6.07, 6.45) is 2.05. The molecule has 0 atom stereocenters. The quantitative estimate of drug-likeness (QED) is 0.842. The van der Waals surface area contributed by atoms with Gasteiger partial charge in [-0.25, -0.2) is 0 Å². The van der Waals surface area contributed by atoms with E-state index in [9.17, 15) is 4.21 Å². The van der Waals surface area contributed by atoms with Crippen LogP contribution < -0.4 is 5.32 Å². The second kappa shape index (κ2) is 5.30. The fourth-order valence-corrected chi connectivity index (χ4v) is 3.59. The molecular formula is C11H14INOS. The van der Waals surface area contributed by atoms with Gasteiger partial charge in [0.1, 0.15) is 0 Å². The molecule has 4 heteroatoms. The monoisotopic (exact) mass is 335 g/mol. The van der Waals surface area contributed by atoms with Crippen LogP contribution in [0.15, 0.2) is 24.3 Å². The standard InChI is InChI=1S/C11H14INOS/c12-9-2-1-3-11(8-9)13-10-4-6-15(14)7-5-10/h1-3,8,10,13H,4-7H2. The molecule has 2 nitrogen and oxygen atoms in total. The van der Waals surface area contributed by atoms with E-state index in [0.717, 1.165) is 24.3 Å². The van der Waals surface area contributed by atoms with Crippen molar-refractivity contribution in [1.82, 2.24) is 0 Å². The van der Waals surface area contributed by atoms with Gasteiger partial charge in [-0.15, -0.1) is 0 Å². The van der Waals surface area contributed by atoms with E-state index < -0.39 is 10.8 Å². The number of nitrogens with one attached hydrogen (secondary N) is 1. The second-order valence-electron chi connectivity index (χ2n) is 3.78. The highest BCUT2D eigenvalue weighted by Crippen LogP contribution is 2.18. The third-order valence-electron chi connectivity index (χ3n) is 2.58. The molecule has 0 aliphatic carbocycles. The van der Waals surface area contributed by atoms with Crippen molar-refractivity contribution < 1.29 is 4.21 Å². The maximum Gasteiger partial charge on any atom is 0.0352 e. The molecule has 0 spiro atoms. The number of rotatable bonds is 2. The smallest absolute Gasteiger partial charge is 0.0352 e. The number of hydrogen-bond acceptors (Lipinski definition) is 2. The third-order valence-corrected chi connectivity index (χ3v) is 4.64. The topological polar surface area (TPSA) is 29.1 Å². The predicted molar refractivity (Wildman–Crippen MR) is 73.7 cm³/mol. The predicted octanol–water partition coefficient (Wildman–Crippen LogP) is 2.61. The van der Waals surface area contributed by atoms with Gasteiger partial charge in [-0.3, -0.25) is 4.21 Å². The van der Waals surface area contributed by atoms with Crippen LogP contribution in [0.3, 0.4) is 0 Å². The van der Waals surface area contributed by atoms with Crippen molar-refractivity contribution in [2.45, 2.75) is 18.9 Å². The molecule has 1 aromatic carbocycles. The molecular weight excluding hydrogens is 321 g/mol. The number of halogens is 1. The van der Waals surface area contributed by atoms with Crippen molar-refractivity contribution in [2.75, 3.05) is 16.8 Å². The van der Waals surface area contributed by atoms with Crippen LogP contribution in [0, 0.1) is 3.57 Å². The molecule has 1 heterocycles. The van der Waals surface area contributed by atoms with Crippen molar-refractivity contribution in [2.24, 2.45) is 0 Å². The Morgan fingerprint density at radius 3 is 2.73 bits per heavy atom.